The van der Waals surface area contributed by atoms with E-state index in [9.17, 15) is 4.79 Å². The first-order chi connectivity index (χ1) is 18.4. The van der Waals surface area contributed by atoms with Crippen LogP contribution in [0.2, 0.25) is 0 Å². The second kappa shape index (κ2) is 11.3. The van der Waals surface area contributed by atoms with Gasteiger partial charge in [-0.1, -0.05) is 86.1 Å². The molecule has 1 aliphatic heterocycles. The zero-order valence-corrected chi connectivity index (χ0v) is 22.5. The maximum absolute atomic E-state index is 13.0. The van der Waals surface area contributed by atoms with E-state index in [1.54, 1.807) is 6.07 Å². The Balaban J connectivity index is 1.12. The van der Waals surface area contributed by atoms with E-state index in [1.165, 1.54) is 22.3 Å². The Morgan fingerprint density at radius 3 is 2.26 bits per heavy atom. The van der Waals surface area contributed by atoms with Crippen molar-refractivity contribution >= 4 is 5.91 Å². The Labute approximate surface area is 225 Å². The Bertz CT molecular complexity index is 1350. The zero-order valence-electron chi connectivity index (χ0n) is 22.5. The zero-order chi connectivity index (χ0) is 26.5. The van der Waals surface area contributed by atoms with Gasteiger partial charge in [-0.25, -0.2) is 0 Å². The number of hydrogen-bond acceptors (Lipinski definition) is 4. The summed E-state index contributed by atoms with van der Waals surface area (Å²) in [6, 6.07) is 30.9. The SMILES string of the molecule is Cc1cccc(CN2CCN(C(=O)c3ccc(COc4ccc(C(C)(C)c5ccccc5)cc4)o3)CC2)c1. The van der Waals surface area contributed by atoms with E-state index in [-0.39, 0.29) is 17.9 Å². The molecule has 1 aliphatic rings. The van der Waals surface area contributed by atoms with Crippen LogP contribution < -0.4 is 4.74 Å². The highest BCUT2D eigenvalue weighted by Gasteiger charge is 2.25. The summed E-state index contributed by atoms with van der Waals surface area (Å²) in [5.41, 5.74) is 4.99. The molecule has 0 N–H and O–H groups in total. The van der Waals surface area contributed by atoms with Gasteiger partial charge in [0.1, 0.15) is 18.1 Å². The van der Waals surface area contributed by atoms with Gasteiger partial charge < -0.3 is 14.1 Å². The minimum Gasteiger partial charge on any atom is -0.486 e. The molecule has 38 heavy (non-hydrogen) atoms. The number of benzene rings is 3. The number of ether oxygens (including phenoxy) is 1. The number of rotatable bonds is 8. The standard InChI is InChI=1S/C33H36N2O3/c1-25-8-7-9-26(22-25)23-34-18-20-35(21-19-34)32(36)31-17-16-30(38-31)24-37-29-14-12-28(13-15-29)33(2,3)27-10-5-4-6-11-27/h4-17,22H,18-21,23-24H2,1-3H3. The quantitative estimate of drug-likeness (QED) is 0.274. The van der Waals surface area contributed by atoms with Crippen molar-refractivity contribution in [3.05, 3.63) is 125 Å². The van der Waals surface area contributed by atoms with Gasteiger partial charge in [0.05, 0.1) is 0 Å². The lowest BCUT2D eigenvalue weighted by Gasteiger charge is -2.34. The fourth-order valence-corrected chi connectivity index (χ4v) is 5.05. The topological polar surface area (TPSA) is 45.9 Å². The highest BCUT2D eigenvalue weighted by atomic mass is 16.5. The molecular formula is C33H36N2O3. The summed E-state index contributed by atoms with van der Waals surface area (Å²) in [4.78, 5) is 17.3. The van der Waals surface area contributed by atoms with Crippen molar-refractivity contribution in [2.24, 2.45) is 0 Å². The van der Waals surface area contributed by atoms with Crippen LogP contribution in [0.1, 0.15) is 52.4 Å². The van der Waals surface area contributed by atoms with Gasteiger partial charge in [-0.05, 0) is 47.9 Å². The molecule has 196 valence electrons. The lowest BCUT2D eigenvalue weighted by molar-refractivity contribution is 0.0594. The van der Waals surface area contributed by atoms with E-state index in [2.05, 4.69) is 86.3 Å². The first-order valence-corrected chi connectivity index (χ1v) is 13.3. The molecule has 5 rings (SSSR count). The van der Waals surface area contributed by atoms with Crippen molar-refractivity contribution in [2.75, 3.05) is 26.2 Å². The van der Waals surface area contributed by atoms with Gasteiger partial charge in [0.2, 0.25) is 0 Å². The van der Waals surface area contributed by atoms with Crippen LogP contribution in [0, 0.1) is 6.92 Å². The lowest BCUT2D eigenvalue weighted by Crippen LogP contribution is -2.48. The predicted molar refractivity (Wildman–Crippen MR) is 150 cm³/mol. The summed E-state index contributed by atoms with van der Waals surface area (Å²) in [6.45, 7) is 10.9. The number of hydrogen-bond donors (Lipinski definition) is 0. The van der Waals surface area contributed by atoms with Gasteiger partial charge in [-0.2, -0.15) is 0 Å². The Morgan fingerprint density at radius 2 is 1.55 bits per heavy atom. The van der Waals surface area contributed by atoms with Crippen molar-refractivity contribution in [3.63, 3.8) is 0 Å². The Hall–Kier alpha value is -3.83. The summed E-state index contributed by atoms with van der Waals surface area (Å²) >= 11 is 0. The summed E-state index contributed by atoms with van der Waals surface area (Å²) in [5, 5.41) is 0. The number of furan rings is 1. The van der Waals surface area contributed by atoms with Gasteiger partial charge in [-0.3, -0.25) is 9.69 Å². The number of carbonyl (C=O) groups is 1. The van der Waals surface area contributed by atoms with Crippen molar-refractivity contribution < 1.29 is 13.9 Å². The number of amides is 1. The molecule has 0 spiro atoms. The van der Waals surface area contributed by atoms with Gasteiger partial charge in [-0.15, -0.1) is 0 Å². The third-order valence-corrected chi connectivity index (χ3v) is 7.47. The molecule has 0 saturated carbocycles. The molecular weight excluding hydrogens is 472 g/mol. The minimum atomic E-state index is -0.0951. The molecule has 1 amide bonds. The van der Waals surface area contributed by atoms with E-state index in [4.69, 9.17) is 9.15 Å². The molecule has 2 heterocycles. The molecule has 0 atom stereocenters. The van der Waals surface area contributed by atoms with E-state index >= 15 is 0 Å². The first-order valence-electron chi connectivity index (χ1n) is 13.3. The van der Waals surface area contributed by atoms with Crippen LogP contribution in [-0.4, -0.2) is 41.9 Å². The van der Waals surface area contributed by atoms with E-state index in [0.29, 0.717) is 24.6 Å². The Kier molecular flexibility index (Phi) is 7.66. The van der Waals surface area contributed by atoms with E-state index < -0.39 is 0 Å². The smallest absolute Gasteiger partial charge is 0.289 e. The highest BCUT2D eigenvalue weighted by Crippen LogP contribution is 2.32. The fourth-order valence-electron chi connectivity index (χ4n) is 5.05. The van der Waals surface area contributed by atoms with Gasteiger partial charge in [0.25, 0.3) is 5.91 Å². The van der Waals surface area contributed by atoms with Crippen LogP contribution in [0.15, 0.2) is 95.4 Å². The van der Waals surface area contributed by atoms with Crippen molar-refractivity contribution in [1.82, 2.24) is 9.80 Å². The lowest BCUT2D eigenvalue weighted by atomic mass is 9.78. The van der Waals surface area contributed by atoms with Crippen molar-refractivity contribution in [3.8, 4) is 5.75 Å². The highest BCUT2D eigenvalue weighted by molar-refractivity contribution is 5.91. The Morgan fingerprint density at radius 1 is 0.842 bits per heavy atom. The molecule has 1 aromatic heterocycles. The van der Waals surface area contributed by atoms with Crippen LogP contribution in [0.25, 0.3) is 0 Å². The van der Waals surface area contributed by atoms with Crippen LogP contribution >= 0.6 is 0 Å². The van der Waals surface area contributed by atoms with Gasteiger partial charge >= 0.3 is 0 Å². The summed E-state index contributed by atoms with van der Waals surface area (Å²) in [5.74, 6) is 1.72. The van der Waals surface area contributed by atoms with E-state index in [1.807, 2.05) is 29.2 Å². The molecule has 5 heteroatoms. The second-order valence-corrected chi connectivity index (χ2v) is 10.6. The normalized spacial score (nSPS) is 14.4. The molecule has 5 nitrogen and oxygen atoms in total. The van der Waals surface area contributed by atoms with Crippen molar-refractivity contribution in [1.29, 1.82) is 0 Å². The third kappa shape index (κ3) is 6.00. The molecule has 0 bridgehead atoms. The molecule has 0 radical (unpaired) electrons. The average molecular weight is 509 g/mol. The summed E-state index contributed by atoms with van der Waals surface area (Å²) in [7, 11) is 0. The van der Waals surface area contributed by atoms with Gasteiger partial charge in [0, 0.05) is 38.1 Å². The predicted octanol–water partition coefficient (Wildman–Crippen LogP) is 6.45. The molecule has 0 aliphatic carbocycles. The summed E-state index contributed by atoms with van der Waals surface area (Å²) < 4.78 is 11.8. The molecule has 1 fully saturated rings. The molecule has 4 aromatic rings. The van der Waals surface area contributed by atoms with Crippen LogP contribution in [0.3, 0.4) is 0 Å². The average Bonchev–Trinajstić information content (AvgIpc) is 3.42. The summed E-state index contributed by atoms with van der Waals surface area (Å²) in [6.07, 6.45) is 0. The molecule has 3 aromatic carbocycles. The second-order valence-electron chi connectivity index (χ2n) is 10.6. The minimum absolute atomic E-state index is 0.0565. The van der Waals surface area contributed by atoms with Gasteiger partial charge in [0.15, 0.2) is 5.76 Å². The first kappa shape index (κ1) is 25.8. The van der Waals surface area contributed by atoms with Crippen molar-refractivity contribution in [2.45, 2.75) is 39.3 Å². The van der Waals surface area contributed by atoms with Crippen LogP contribution in [-0.2, 0) is 18.6 Å². The largest absolute Gasteiger partial charge is 0.486 e. The van der Waals surface area contributed by atoms with E-state index in [0.717, 1.165) is 25.4 Å². The van der Waals surface area contributed by atoms with Crippen LogP contribution in [0.5, 0.6) is 5.75 Å². The maximum atomic E-state index is 13.0. The third-order valence-electron chi connectivity index (χ3n) is 7.47. The monoisotopic (exact) mass is 508 g/mol. The molecule has 1 saturated heterocycles. The number of nitrogens with zero attached hydrogens (tertiary/aromatic N) is 2. The number of piperazine rings is 1. The molecule has 0 unspecified atom stereocenters. The number of carbonyl (C=O) groups excluding carboxylic acids is 1. The fraction of sp³-hybridized carbons (Fsp3) is 0.303. The van der Waals surface area contributed by atoms with Crippen LogP contribution in [0.4, 0.5) is 0 Å². The number of aryl methyl sites for hydroxylation is 1. The maximum Gasteiger partial charge on any atom is 0.289 e.